The van der Waals surface area contributed by atoms with E-state index in [1.165, 1.54) is 0 Å². The van der Waals surface area contributed by atoms with Crippen LogP contribution in [0.2, 0.25) is 18.1 Å². The van der Waals surface area contributed by atoms with E-state index in [9.17, 15) is 0 Å². The van der Waals surface area contributed by atoms with Crippen LogP contribution in [-0.2, 0) is 39.8 Å². The van der Waals surface area contributed by atoms with Gasteiger partial charge in [0.05, 0.1) is 6.04 Å². The Labute approximate surface area is 252 Å². The maximum atomic E-state index is 6.05. The molecule has 2 N–H and O–H groups in total. The lowest BCUT2D eigenvalue weighted by molar-refractivity contribution is 0.0701. The number of hydrogen-bond acceptors (Lipinski definition) is 12. The van der Waals surface area contributed by atoms with Gasteiger partial charge in [-0.05, 0) is 73.2 Å². The van der Waals surface area contributed by atoms with Gasteiger partial charge in [0, 0.05) is 73.1 Å². The van der Waals surface area contributed by atoms with Crippen molar-refractivity contribution in [3.63, 3.8) is 0 Å². The molecule has 15 heteroatoms. The van der Waals surface area contributed by atoms with Crippen LogP contribution in [0.15, 0.2) is 0 Å². The highest BCUT2D eigenvalue weighted by Crippen LogP contribution is 2.32. The average molecular weight is 649 g/mol. The summed E-state index contributed by atoms with van der Waals surface area (Å²) in [6, 6.07) is 2.00. The Morgan fingerprint density at radius 3 is 1.10 bits per heavy atom. The number of thioether (sulfide) groups is 1. The molecule has 0 aliphatic rings. The molecule has 0 saturated heterocycles. The van der Waals surface area contributed by atoms with Gasteiger partial charge in [-0.1, -0.05) is 6.92 Å². The first-order valence-corrected chi connectivity index (χ1v) is 21.6. The van der Waals surface area contributed by atoms with Crippen LogP contribution in [-0.4, -0.2) is 111 Å². The van der Waals surface area contributed by atoms with Crippen molar-refractivity contribution in [1.82, 2.24) is 10.6 Å². The standard InChI is InChI=1S/C25H60N2O9SSi3/c1-11-31-38(32-12-2,33-13-3)22-18-20-26-25(37-17-7,24-40(28-8,29-9)30-10)27-21-19-23-39(34-14-4,35-15-5)36-16-6/h26-27H,11-24H2,1-10H3. The molecule has 0 bridgehead atoms. The number of rotatable bonds is 29. The van der Waals surface area contributed by atoms with E-state index >= 15 is 0 Å². The molecule has 0 unspecified atom stereocenters. The van der Waals surface area contributed by atoms with Crippen LogP contribution < -0.4 is 10.6 Å². The molecule has 0 spiro atoms. The van der Waals surface area contributed by atoms with E-state index in [0.717, 1.165) is 43.8 Å². The molecular formula is C25H60N2O9SSi3. The summed E-state index contributed by atoms with van der Waals surface area (Å²) in [6.07, 6.45) is 1.66. The third kappa shape index (κ3) is 14.4. The fourth-order valence-electron chi connectivity index (χ4n) is 4.55. The molecule has 0 aliphatic heterocycles. The number of hydrogen-bond donors (Lipinski definition) is 2. The summed E-state index contributed by atoms with van der Waals surface area (Å²) >= 11 is 1.78. The van der Waals surface area contributed by atoms with Crippen molar-refractivity contribution in [2.45, 2.75) is 84.4 Å². The van der Waals surface area contributed by atoms with Crippen molar-refractivity contribution in [1.29, 1.82) is 0 Å². The van der Waals surface area contributed by atoms with Gasteiger partial charge in [-0.3, -0.25) is 10.6 Å². The zero-order chi connectivity index (χ0) is 30.4. The minimum absolute atomic E-state index is 0.539. The summed E-state index contributed by atoms with van der Waals surface area (Å²) in [5.41, 5.74) is 0. The van der Waals surface area contributed by atoms with Crippen LogP contribution in [0.1, 0.15) is 61.3 Å². The van der Waals surface area contributed by atoms with E-state index in [2.05, 4.69) is 17.6 Å². The van der Waals surface area contributed by atoms with Gasteiger partial charge < -0.3 is 39.8 Å². The van der Waals surface area contributed by atoms with Crippen LogP contribution in [0.5, 0.6) is 0 Å². The van der Waals surface area contributed by atoms with Crippen molar-refractivity contribution in [2.24, 2.45) is 0 Å². The Morgan fingerprint density at radius 1 is 0.525 bits per heavy atom. The first-order valence-electron chi connectivity index (χ1n) is 14.9. The molecule has 0 heterocycles. The van der Waals surface area contributed by atoms with Gasteiger partial charge in [0.1, 0.15) is 4.99 Å². The molecule has 11 nitrogen and oxygen atoms in total. The van der Waals surface area contributed by atoms with Gasteiger partial charge in [0.25, 0.3) is 0 Å². The Balaban J connectivity index is 5.74. The quantitative estimate of drug-likeness (QED) is 0.0685. The maximum absolute atomic E-state index is 6.05. The van der Waals surface area contributed by atoms with Crippen LogP contribution in [0.3, 0.4) is 0 Å². The van der Waals surface area contributed by atoms with E-state index in [1.807, 2.05) is 41.5 Å². The molecule has 242 valence electrons. The molecule has 0 aromatic rings. The lowest BCUT2D eigenvalue weighted by Gasteiger charge is -2.40. The first-order chi connectivity index (χ1) is 19.2. The largest absolute Gasteiger partial charge is 0.504 e. The predicted octanol–water partition coefficient (Wildman–Crippen LogP) is 4.33. The van der Waals surface area contributed by atoms with Gasteiger partial charge in [0.15, 0.2) is 0 Å². The van der Waals surface area contributed by atoms with Crippen molar-refractivity contribution >= 4 is 38.2 Å². The van der Waals surface area contributed by atoms with Crippen molar-refractivity contribution in [3.05, 3.63) is 0 Å². The Kier molecular flexibility index (Phi) is 23.3. The van der Waals surface area contributed by atoms with E-state index in [4.69, 9.17) is 39.8 Å². The summed E-state index contributed by atoms with van der Waals surface area (Å²) in [5.74, 6) is 0.882. The average Bonchev–Trinajstić information content (AvgIpc) is 2.93. The van der Waals surface area contributed by atoms with Crippen molar-refractivity contribution in [3.8, 4) is 0 Å². The third-order valence-corrected chi connectivity index (χ3v) is 16.7. The highest BCUT2D eigenvalue weighted by molar-refractivity contribution is 8.00. The van der Waals surface area contributed by atoms with Crippen LogP contribution >= 0.6 is 11.8 Å². The summed E-state index contributed by atoms with van der Waals surface area (Å²) in [4.78, 5) is -0.539. The molecule has 0 rings (SSSR count). The SMILES string of the molecule is CCO[Si](CCCNC(C[Si](OC)(OC)OC)(NCCC[Si](OCC)(OCC)OCC)SCC)(OCC)OCC. The lowest BCUT2D eigenvalue weighted by Crippen LogP contribution is -2.62. The predicted molar refractivity (Wildman–Crippen MR) is 169 cm³/mol. The van der Waals surface area contributed by atoms with Gasteiger partial charge in [-0.15, -0.1) is 11.8 Å². The van der Waals surface area contributed by atoms with Crippen molar-refractivity contribution in [2.75, 3.05) is 79.8 Å². The molecular weight excluding hydrogens is 589 g/mol. The minimum Gasteiger partial charge on any atom is -0.377 e. The van der Waals surface area contributed by atoms with E-state index in [1.54, 1.807) is 33.1 Å². The van der Waals surface area contributed by atoms with Gasteiger partial charge in [-0.25, -0.2) is 0 Å². The number of nitrogens with one attached hydrogen (secondary N) is 2. The summed E-state index contributed by atoms with van der Waals surface area (Å²) in [7, 11) is -3.43. The van der Waals surface area contributed by atoms with Gasteiger partial charge >= 0.3 is 26.4 Å². The Bertz CT molecular complexity index is 538. The monoisotopic (exact) mass is 648 g/mol. The van der Waals surface area contributed by atoms with Gasteiger partial charge in [-0.2, -0.15) is 0 Å². The second-order valence-corrected chi connectivity index (χ2v) is 18.7. The molecule has 0 atom stereocenters. The molecule has 0 aromatic heterocycles. The smallest absolute Gasteiger partial charge is 0.377 e. The molecule has 0 radical (unpaired) electrons. The first kappa shape index (κ1) is 40.6. The summed E-state index contributed by atoms with van der Waals surface area (Å²) in [5, 5.41) is 7.57. The molecule has 40 heavy (non-hydrogen) atoms. The minimum atomic E-state index is -2.94. The molecule has 0 saturated carbocycles. The van der Waals surface area contributed by atoms with E-state index in [-0.39, 0.29) is 0 Å². The fraction of sp³-hybridized carbons (Fsp3) is 1.00. The second kappa shape index (κ2) is 23.0. The van der Waals surface area contributed by atoms with E-state index in [0.29, 0.717) is 45.7 Å². The zero-order valence-corrected chi connectivity index (χ0v) is 30.8. The molecule has 0 fully saturated rings. The molecule has 0 aromatic carbocycles. The van der Waals surface area contributed by atoms with Crippen LogP contribution in [0.4, 0.5) is 0 Å². The highest BCUT2D eigenvalue weighted by Gasteiger charge is 2.48. The van der Waals surface area contributed by atoms with Crippen molar-refractivity contribution < 1.29 is 39.8 Å². The van der Waals surface area contributed by atoms with Crippen LogP contribution in [0, 0.1) is 0 Å². The zero-order valence-electron chi connectivity index (χ0n) is 27.0. The highest BCUT2D eigenvalue weighted by atomic mass is 32.2. The summed E-state index contributed by atoms with van der Waals surface area (Å²) < 4.78 is 53.9. The Hall–Kier alpha value is 0.561. The topological polar surface area (TPSA) is 107 Å². The molecule has 0 amide bonds. The fourth-order valence-corrected chi connectivity index (χ4v) is 13.4. The summed E-state index contributed by atoms with van der Waals surface area (Å²) in [6.45, 7) is 18.9. The maximum Gasteiger partial charge on any atom is 0.504 e. The van der Waals surface area contributed by atoms with E-state index < -0.39 is 31.4 Å². The van der Waals surface area contributed by atoms with Crippen LogP contribution in [0.25, 0.3) is 0 Å². The second-order valence-electron chi connectivity index (χ2n) is 8.76. The third-order valence-electron chi connectivity index (χ3n) is 6.12. The molecule has 0 aliphatic carbocycles. The normalized spacial score (nSPS) is 13.3. The lowest BCUT2D eigenvalue weighted by atomic mass is 10.4. The van der Waals surface area contributed by atoms with Gasteiger partial charge in [0.2, 0.25) is 0 Å². The Morgan fingerprint density at radius 2 is 0.850 bits per heavy atom.